The van der Waals surface area contributed by atoms with Gasteiger partial charge in [-0.1, -0.05) is 182 Å². The Morgan fingerprint density at radius 1 is 0.236 bits per heavy atom. The molecule has 0 saturated heterocycles. The minimum atomic E-state index is 1.11. The molecule has 0 atom stereocenters. The van der Waals surface area contributed by atoms with Gasteiger partial charge in [0.15, 0.2) is 0 Å². The van der Waals surface area contributed by atoms with Crippen molar-refractivity contribution in [2.24, 2.45) is 0 Å². The molecule has 0 heterocycles. The van der Waals surface area contributed by atoms with E-state index in [2.05, 4.69) is 229 Å². The molecule has 10 rings (SSSR count). The number of hydrogen-bond donors (Lipinski definition) is 0. The minimum absolute atomic E-state index is 1.11. The van der Waals surface area contributed by atoms with Crippen LogP contribution >= 0.6 is 0 Å². The molecule has 0 saturated carbocycles. The van der Waals surface area contributed by atoms with Gasteiger partial charge in [0.05, 0.1) is 0 Å². The Morgan fingerprint density at radius 2 is 0.709 bits per heavy atom. The van der Waals surface area contributed by atoms with E-state index in [1.807, 2.05) is 0 Å². The van der Waals surface area contributed by atoms with E-state index < -0.39 is 0 Å². The van der Waals surface area contributed by atoms with Gasteiger partial charge >= 0.3 is 0 Å². The fourth-order valence-corrected chi connectivity index (χ4v) is 8.36. The van der Waals surface area contributed by atoms with Crippen molar-refractivity contribution in [1.82, 2.24) is 0 Å². The summed E-state index contributed by atoms with van der Waals surface area (Å²) in [5.41, 5.74) is 13.0. The maximum Gasteiger partial charge on any atom is 0.0468 e. The number of rotatable bonds is 7. The van der Waals surface area contributed by atoms with Crippen LogP contribution in [0.1, 0.15) is 0 Å². The first kappa shape index (κ1) is 32.4. The number of fused-ring (bicyclic) bond motifs is 6. The highest BCUT2D eigenvalue weighted by atomic mass is 15.1. The van der Waals surface area contributed by atoms with Crippen LogP contribution < -0.4 is 4.90 Å². The third-order valence-electron chi connectivity index (χ3n) is 10.8. The zero-order chi connectivity index (χ0) is 36.6. The van der Waals surface area contributed by atoms with Crippen LogP contribution in [0.3, 0.4) is 0 Å². The van der Waals surface area contributed by atoms with E-state index in [-0.39, 0.29) is 0 Å². The highest BCUT2D eigenvalue weighted by molar-refractivity contribution is 6.33. The smallest absolute Gasteiger partial charge is 0.0468 e. The number of anilines is 3. The summed E-state index contributed by atoms with van der Waals surface area (Å²) in [6.07, 6.45) is 0. The summed E-state index contributed by atoms with van der Waals surface area (Å²) in [4.78, 5) is 2.39. The van der Waals surface area contributed by atoms with E-state index in [0.29, 0.717) is 0 Å². The highest BCUT2D eigenvalue weighted by Gasteiger charge is 2.23. The second-order valence-electron chi connectivity index (χ2n) is 14.1. The van der Waals surface area contributed by atoms with Gasteiger partial charge in [-0.25, -0.2) is 0 Å². The van der Waals surface area contributed by atoms with Crippen molar-refractivity contribution >= 4 is 49.4 Å². The van der Waals surface area contributed by atoms with Crippen molar-refractivity contribution in [3.8, 4) is 44.5 Å². The number of para-hydroxylation sites is 1. The molecule has 0 amide bonds. The second kappa shape index (κ2) is 14.0. The Labute approximate surface area is 322 Å². The van der Waals surface area contributed by atoms with Crippen molar-refractivity contribution < 1.29 is 0 Å². The van der Waals surface area contributed by atoms with Gasteiger partial charge in [0.1, 0.15) is 0 Å². The third-order valence-corrected chi connectivity index (χ3v) is 10.8. The Bertz CT molecular complexity index is 2940. The van der Waals surface area contributed by atoms with Crippen LogP contribution in [0.2, 0.25) is 0 Å². The SMILES string of the molecule is c1ccc(-c2cccc(N(c3ccccc3)c3ccc4c(c3)c3ccccc3c3c(-c5ccccc5)cc(-c5ccccc5)c(-c5ccccc5)c43)c2)cc1. The maximum absolute atomic E-state index is 2.43. The van der Waals surface area contributed by atoms with Crippen LogP contribution in [0.25, 0.3) is 76.8 Å². The molecule has 0 unspecified atom stereocenters. The Balaban J connectivity index is 1.33. The molecule has 1 nitrogen and oxygen atoms in total. The standard InChI is InChI=1S/C54H37N/c1-6-19-38(20-7-1)42-27-18-30-44(35-42)55(43-28-14-5-15-29-43)45-33-34-48-51(36-45)46-31-16-17-32-47(46)53-50(40-23-10-3-11-24-40)37-49(39-21-8-2-9-22-39)52(54(48)53)41-25-12-4-13-26-41/h1-37H. The summed E-state index contributed by atoms with van der Waals surface area (Å²) in [7, 11) is 0. The predicted molar refractivity (Wildman–Crippen MR) is 235 cm³/mol. The molecule has 55 heavy (non-hydrogen) atoms. The zero-order valence-electron chi connectivity index (χ0n) is 30.3. The monoisotopic (exact) mass is 699 g/mol. The van der Waals surface area contributed by atoms with E-state index in [4.69, 9.17) is 0 Å². The zero-order valence-corrected chi connectivity index (χ0v) is 30.3. The largest absolute Gasteiger partial charge is 0.310 e. The average molecular weight is 700 g/mol. The molecule has 0 fully saturated rings. The summed E-state index contributed by atoms with van der Waals surface area (Å²) in [5, 5.41) is 7.48. The Hall–Kier alpha value is -7.22. The molecule has 0 aromatic heterocycles. The summed E-state index contributed by atoms with van der Waals surface area (Å²) in [5.74, 6) is 0. The molecule has 0 bridgehead atoms. The first-order chi connectivity index (χ1) is 27.3. The lowest BCUT2D eigenvalue weighted by Crippen LogP contribution is -2.10. The molecule has 1 heteroatoms. The lowest BCUT2D eigenvalue weighted by Gasteiger charge is -2.27. The molecule has 0 aliphatic carbocycles. The average Bonchev–Trinajstić information content (AvgIpc) is 3.27. The second-order valence-corrected chi connectivity index (χ2v) is 14.1. The van der Waals surface area contributed by atoms with Gasteiger partial charge < -0.3 is 4.90 Å². The van der Waals surface area contributed by atoms with E-state index in [0.717, 1.165) is 17.1 Å². The van der Waals surface area contributed by atoms with Crippen molar-refractivity contribution in [3.05, 3.63) is 224 Å². The first-order valence-corrected chi connectivity index (χ1v) is 18.9. The topological polar surface area (TPSA) is 3.24 Å². The summed E-state index contributed by atoms with van der Waals surface area (Å²) >= 11 is 0. The van der Waals surface area contributed by atoms with Crippen LogP contribution in [0, 0.1) is 0 Å². The van der Waals surface area contributed by atoms with Crippen LogP contribution in [0.5, 0.6) is 0 Å². The fraction of sp³-hybridized carbons (Fsp3) is 0. The lowest BCUT2D eigenvalue weighted by atomic mass is 9.81. The molecule has 0 aliphatic heterocycles. The van der Waals surface area contributed by atoms with Crippen molar-refractivity contribution in [2.45, 2.75) is 0 Å². The molecule has 0 radical (unpaired) electrons. The Kier molecular flexibility index (Phi) is 8.24. The first-order valence-electron chi connectivity index (χ1n) is 18.9. The Morgan fingerprint density at radius 3 is 1.36 bits per heavy atom. The molecular formula is C54H37N. The van der Waals surface area contributed by atoms with Crippen LogP contribution in [-0.2, 0) is 0 Å². The predicted octanol–water partition coefficient (Wildman–Crippen LogP) is 15.3. The molecule has 0 N–H and O–H groups in total. The molecule has 258 valence electrons. The minimum Gasteiger partial charge on any atom is -0.310 e. The van der Waals surface area contributed by atoms with Crippen molar-refractivity contribution in [1.29, 1.82) is 0 Å². The van der Waals surface area contributed by atoms with E-state index in [1.54, 1.807) is 0 Å². The van der Waals surface area contributed by atoms with E-state index >= 15 is 0 Å². The lowest BCUT2D eigenvalue weighted by molar-refractivity contribution is 1.29. The van der Waals surface area contributed by atoms with Gasteiger partial charge in [0.25, 0.3) is 0 Å². The van der Waals surface area contributed by atoms with Crippen LogP contribution in [0.15, 0.2) is 224 Å². The van der Waals surface area contributed by atoms with Crippen LogP contribution in [0.4, 0.5) is 17.1 Å². The van der Waals surface area contributed by atoms with Gasteiger partial charge in [-0.2, -0.15) is 0 Å². The van der Waals surface area contributed by atoms with Crippen molar-refractivity contribution in [2.75, 3.05) is 4.90 Å². The molecule has 0 spiro atoms. The fourth-order valence-electron chi connectivity index (χ4n) is 8.36. The van der Waals surface area contributed by atoms with Gasteiger partial charge in [0, 0.05) is 17.1 Å². The quantitative estimate of drug-likeness (QED) is 0.150. The molecule has 10 aromatic carbocycles. The maximum atomic E-state index is 2.43. The van der Waals surface area contributed by atoms with Crippen molar-refractivity contribution in [3.63, 3.8) is 0 Å². The molecule has 0 aliphatic rings. The number of nitrogens with zero attached hydrogens (tertiary/aromatic N) is 1. The van der Waals surface area contributed by atoms with Crippen LogP contribution in [-0.4, -0.2) is 0 Å². The summed E-state index contributed by atoms with van der Waals surface area (Å²) in [6, 6.07) is 81.4. The van der Waals surface area contributed by atoms with E-state index in [1.165, 1.54) is 76.8 Å². The molecular weight excluding hydrogens is 663 g/mol. The van der Waals surface area contributed by atoms with Gasteiger partial charge in [-0.05, 0) is 119 Å². The molecule has 10 aromatic rings. The van der Waals surface area contributed by atoms with Gasteiger partial charge in [0.2, 0.25) is 0 Å². The number of hydrogen-bond acceptors (Lipinski definition) is 1. The van der Waals surface area contributed by atoms with Gasteiger partial charge in [-0.15, -0.1) is 0 Å². The normalized spacial score (nSPS) is 11.3. The van der Waals surface area contributed by atoms with E-state index in [9.17, 15) is 0 Å². The summed E-state index contributed by atoms with van der Waals surface area (Å²) < 4.78 is 0. The van der Waals surface area contributed by atoms with Gasteiger partial charge in [-0.3, -0.25) is 0 Å². The number of benzene rings is 10. The third kappa shape index (κ3) is 5.84. The summed E-state index contributed by atoms with van der Waals surface area (Å²) in [6.45, 7) is 0. The highest BCUT2D eigenvalue weighted by Crippen LogP contribution is 2.50.